The Hall–Kier alpha value is -2.42. The first-order valence-corrected chi connectivity index (χ1v) is 8.05. The van der Waals surface area contributed by atoms with Crippen molar-refractivity contribution in [2.24, 2.45) is 0 Å². The molecule has 0 aliphatic carbocycles. The van der Waals surface area contributed by atoms with Crippen molar-refractivity contribution in [1.29, 1.82) is 0 Å². The third-order valence-corrected chi connectivity index (χ3v) is 3.79. The number of aliphatic hydroxyl groups is 1. The number of carbonyl (C=O) groups excluding carboxylic acids is 3. The Bertz CT molecular complexity index is 755. The molecule has 1 saturated heterocycles. The van der Waals surface area contributed by atoms with Gasteiger partial charge in [-0.2, -0.15) is 4.90 Å². The molecule has 2 heterocycles. The zero-order valence-electron chi connectivity index (χ0n) is 14.8. The average Bonchev–Trinajstić information content (AvgIpc) is 2.73. The lowest BCUT2D eigenvalue weighted by Gasteiger charge is -2.31. The number of piperidine rings is 1. The van der Waals surface area contributed by atoms with Gasteiger partial charge in [-0.3, -0.25) is 18.7 Å². The highest BCUT2D eigenvalue weighted by Gasteiger charge is 2.42. The number of aryl methyl sites for hydroxylation is 1. The SMILES string of the molecule is Cc1cn(CCO)c(=O)n1C1CCC(=O)N(C(=O)OC(C)(C)C)C1=O. The summed E-state index contributed by atoms with van der Waals surface area (Å²) in [5.41, 5.74) is -0.819. The van der Waals surface area contributed by atoms with Crippen LogP contribution in [-0.4, -0.2) is 49.3 Å². The number of rotatable bonds is 3. The van der Waals surface area contributed by atoms with Crippen LogP contribution in [-0.2, 0) is 20.9 Å². The maximum atomic E-state index is 12.7. The summed E-state index contributed by atoms with van der Waals surface area (Å²) in [6.07, 6.45) is 0.570. The molecule has 1 aromatic heterocycles. The van der Waals surface area contributed by atoms with Gasteiger partial charge in [0.25, 0.3) is 5.91 Å². The summed E-state index contributed by atoms with van der Waals surface area (Å²) in [5.74, 6) is -1.42. The maximum Gasteiger partial charge on any atom is 0.424 e. The smallest absolute Gasteiger partial charge is 0.424 e. The van der Waals surface area contributed by atoms with Crippen molar-refractivity contribution in [2.75, 3.05) is 6.61 Å². The molecule has 0 aromatic carbocycles. The Labute approximate surface area is 144 Å². The predicted molar refractivity (Wildman–Crippen MR) is 86.9 cm³/mol. The van der Waals surface area contributed by atoms with Crippen molar-refractivity contribution in [3.8, 4) is 0 Å². The van der Waals surface area contributed by atoms with Crippen LogP contribution in [0.5, 0.6) is 0 Å². The summed E-state index contributed by atoms with van der Waals surface area (Å²) < 4.78 is 7.67. The number of nitrogens with zero attached hydrogens (tertiary/aromatic N) is 3. The molecule has 1 N–H and O–H groups in total. The number of likely N-dealkylation sites (tertiary alicyclic amines) is 1. The van der Waals surface area contributed by atoms with E-state index < -0.39 is 35.2 Å². The van der Waals surface area contributed by atoms with E-state index in [1.807, 2.05) is 0 Å². The van der Waals surface area contributed by atoms with E-state index in [0.717, 1.165) is 0 Å². The normalized spacial score (nSPS) is 18.6. The topological polar surface area (TPSA) is 111 Å². The van der Waals surface area contributed by atoms with Gasteiger partial charge >= 0.3 is 11.8 Å². The maximum absolute atomic E-state index is 12.7. The van der Waals surface area contributed by atoms with Crippen molar-refractivity contribution in [3.05, 3.63) is 22.4 Å². The van der Waals surface area contributed by atoms with E-state index in [1.54, 1.807) is 27.7 Å². The van der Waals surface area contributed by atoms with Crippen molar-refractivity contribution < 1.29 is 24.2 Å². The van der Waals surface area contributed by atoms with Gasteiger partial charge in [0.2, 0.25) is 5.91 Å². The minimum Gasteiger partial charge on any atom is -0.443 e. The Morgan fingerprint density at radius 1 is 1.32 bits per heavy atom. The first-order valence-electron chi connectivity index (χ1n) is 8.05. The Balaban J connectivity index is 2.36. The summed E-state index contributed by atoms with van der Waals surface area (Å²) in [5, 5.41) is 9.01. The molecule has 138 valence electrons. The lowest BCUT2D eigenvalue weighted by atomic mass is 10.0. The number of hydrogen-bond donors (Lipinski definition) is 1. The highest BCUT2D eigenvalue weighted by Crippen LogP contribution is 2.25. The molecule has 25 heavy (non-hydrogen) atoms. The van der Waals surface area contributed by atoms with Crippen molar-refractivity contribution in [3.63, 3.8) is 0 Å². The van der Waals surface area contributed by atoms with E-state index in [4.69, 9.17) is 9.84 Å². The zero-order chi connectivity index (χ0) is 18.9. The first kappa shape index (κ1) is 18.9. The number of imidazole rings is 1. The molecule has 9 heteroatoms. The minimum absolute atomic E-state index is 0.0489. The fourth-order valence-electron chi connectivity index (χ4n) is 2.79. The van der Waals surface area contributed by atoms with Crippen LogP contribution in [0.2, 0.25) is 0 Å². The van der Waals surface area contributed by atoms with Crippen LogP contribution in [0.25, 0.3) is 0 Å². The molecule has 9 nitrogen and oxygen atoms in total. The second-order valence-electron chi connectivity index (χ2n) is 6.94. The van der Waals surface area contributed by atoms with E-state index in [0.29, 0.717) is 10.6 Å². The minimum atomic E-state index is -1.03. The largest absolute Gasteiger partial charge is 0.443 e. The zero-order valence-corrected chi connectivity index (χ0v) is 14.8. The third-order valence-electron chi connectivity index (χ3n) is 3.79. The Morgan fingerprint density at radius 3 is 2.52 bits per heavy atom. The molecule has 2 rings (SSSR count). The summed E-state index contributed by atoms with van der Waals surface area (Å²) in [6, 6.07) is -0.960. The number of amides is 3. The van der Waals surface area contributed by atoms with Crippen molar-refractivity contribution in [2.45, 2.75) is 58.7 Å². The van der Waals surface area contributed by atoms with Gasteiger partial charge in [0.15, 0.2) is 0 Å². The van der Waals surface area contributed by atoms with Crippen LogP contribution in [0.1, 0.15) is 45.3 Å². The average molecular weight is 353 g/mol. The third kappa shape index (κ3) is 3.81. The molecule has 0 saturated carbocycles. The number of aliphatic hydroxyl groups excluding tert-OH is 1. The van der Waals surface area contributed by atoms with E-state index in [9.17, 15) is 19.2 Å². The van der Waals surface area contributed by atoms with Gasteiger partial charge in [-0.25, -0.2) is 9.59 Å². The number of ether oxygens (including phenoxy) is 1. The van der Waals surface area contributed by atoms with Crippen molar-refractivity contribution in [1.82, 2.24) is 14.0 Å². The van der Waals surface area contributed by atoms with Crippen molar-refractivity contribution >= 4 is 17.9 Å². The molecular weight excluding hydrogens is 330 g/mol. The molecule has 0 radical (unpaired) electrons. The lowest BCUT2D eigenvalue weighted by molar-refractivity contribution is -0.149. The van der Waals surface area contributed by atoms with Crippen LogP contribution in [0.3, 0.4) is 0 Å². The van der Waals surface area contributed by atoms with Gasteiger partial charge < -0.3 is 9.84 Å². The standard InChI is InChI=1S/C16H23N3O6/c1-10-9-17(7-8-20)14(23)18(10)11-5-6-12(21)19(13(11)22)15(24)25-16(2,3)4/h9,11,20H,5-8H2,1-4H3. The van der Waals surface area contributed by atoms with E-state index >= 15 is 0 Å². The molecule has 1 aliphatic heterocycles. The van der Waals surface area contributed by atoms with Crippen LogP contribution in [0.15, 0.2) is 11.0 Å². The van der Waals surface area contributed by atoms with Crippen LogP contribution >= 0.6 is 0 Å². The number of aromatic nitrogens is 2. The molecule has 1 aliphatic rings. The highest BCUT2D eigenvalue weighted by molar-refractivity contribution is 6.11. The molecule has 1 aromatic rings. The molecule has 1 unspecified atom stereocenters. The van der Waals surface area contributed by atoms with Gasteiger partial charge in [0.1, 0.15) is 11.6 Å². The monoisotopic (exact) mass is 353 g/mol. The van der Waals surface area contributed by atoms with Gasteiger partial charge in [-0.05, 0) is 34.1 Å². The molecule has 0 spiro atoms. The molecular formula is C16H23N3O6. The Morgan fingerprint density at radius 2 is 1.96 bits per heavy atom. The van der Waals surface area contributed by atoms with Gasteiger partial charge in [-0.1, -0.05) is 0 Å². The highest BCUT2D eigenvalue weighted by atomic mass is 16.6. The van der Waals surface area contributed by atoms with E-state index in [1.165, 1.54) is 15.3 Å². The second kappa shape index (κ2) is 6.83. The van der Waals surface area contributed by atoms with Crippen LogP contribution in [0, 0.1) is 6.92 Å². The molecule has 1 atom stereocenters. The van der Waals surface area contributed by atoms with Crippen LogP contribution in [0.4, 0.5) is 4.79 Å². The predicted octanol–water partition coefficient (Wildman–Crippen LogP) is 0.576. The van der Waals surface area contributed by atoms with Gasteiger partial charge in [-0.15, -0.1) is 0 Å². The summed E-state index contributed by atoms with van der Waals surface area (Å²) in [4.78, 5) is 49.9. The quantitative estimate of drug-likeness (QED) is 0.796. The second-order valence-corrected chi connectivity index (χ2v) is 6.94. The fourth-order valence-corrected chi connectivity index (χ4v) is 2.79. The number of carbonyl (C=O) groups is 3. The van der Waals surface area contributed by atoms with Gasteiger partial charge in [0.05, 0.1) is 13.2 Å². The van der Waals surface area contributed by atoms with E-state index in [2.05, 4.69) is 0 Å². The fraction of sp³-hybridized carbons (Fsp3) is 0.625. The molecule has 1 fully saturated rings. The number of imide groups is 3. The first-order chi connectivity index (χ1) is 11.6. The van der Waals surface area contributed by atoms with Crippen LogP contribution < -0.4 is 5.69 Å². The Kier molecular flexibility index (Phi) is 5.17. The summed E-state index contributed by atoms with van der Waals surface area (Å²) in [7, 11) is 0. The lowest BCUT2D eigenvalue weighted by Crippen LogP contribution is -2.52. The van der Waals surface area contributed by atoms with E-state index in [-0.39, 0.29) is 26.0 Å². The summed E-state index contributed by atoms with van der Waals surface area (Å²) >= 11 is 0. The number of hydrogen-bond acceptors (Lipinski definition) is 6. The van der Waals surface area contributed by atoms with Gasteiger partial charge in [0, 0.05) is 18.3 Å². The molecule has 0 bridgehead atoms. The molecule has 3 amide bonds. The summed E-state index contributed by atoms with van der Waals surface area (Å²) in [6.45, 7) is 6.42.